The molecule has 0 spiro atoms. The molecular formula is C24H27Cl2N5O7S. The van der Waals surface area contributed by atoms with Crippen LogP contribution >= 0.6 is 23.2 Å². The average Bonchev–Trinajstić information content (AvgIpc) is 3.31. The molecule has 0 saturated carbocycles. The maximum absolute atomic E-state index is 13.0. The number of fused-ring (bicyclic) bond motifs is 1. The molecule has 15 heteroatoms. The average molecular weight is 600 g/mol. The Kier molecular flexibility index (Phi) is 9.01. The summed E-state index contributed by atoms with van der Waals surface area (Å²) in [7, 11) is -1.86. The highest BCUT2D eigenvalue weighted by molar-refractivity contribution is 7.89. The van der Waals surface area contributed by atoms with Crippen LogP contribution in [0.4, 0.5) is 0 Å². The van der Waals surface area contributed by atoms with Gasteiger partial charge in [0.2, 0.25) is 10.0 Å². The highest BCUT2D eigenvalue weighted by Crippen LogP contribution is 2.38. The Morgan fingerprint density at radius 2 is 1.79 bits per heavy atom. The number of hydrazine groups is 2. The third-order valence-corrected chi connectivity index (χ3v) is 8.25. The van der Waals surface area contributed by atoms with E-state index in [0.717, 1.165) is 21.8 Å². The van der Waals surface area contributed by atoms with Gasteiger partial charge in [0, 0.05) is 35.6 Å². The summed E-state index contributed by atoms with van der Waals surface area (Å²) in [5, 5.41) is 20.4. The number of likely N-dealkylation sites (N-methyl/N-ethyl adjacent to an activating group) is 1. The lowest BCUT2D eigenvalue weighted by Gasteiger charge is -2.33. The molecule has 0 aliphatic carbocycles. The molecule has 1 unspecified atom stereocenters. The third-order valence-electron chi connectivity index (χ3n) is 6.23. The van der Waals surface area contributed by atoms with Crippen LogP contribution < -0.4 is 15.6 Å². The molecule has 12 nitrogen and oxygen atoms in total. The van der Waals surface area contributed by atoms with Gasteiger partial charge in [0.25, 0.3) is 0 Å². The standard InChI is InChI=1S/C24H27Cl2N5O7S/c1-30-12-18(17-10-15(25)11-20(26)19(17)13-30)14-3-2-4-16(9-14)39(36,37)27-5-7-38-8-6-31-28-21(23(32)33)22(29-31)24(34)35/h2-4,9-11,18,27-29H,5-8,12-13H2,1H3,(H,32,33)(H,34,35). The molecule has 5 N–H and O–H groups in total. The monoisotopic (exact) mass is 599 g/mol. The highest BCUT2D eigenvalue weighted by Gasteiger charge is 2.30. The van der Waals surface area contributed by atoms with Crippen molar-refractivity contribution in [1.29, 1.82) is 0 Å². The summed E-state index contributed by atoms with van der Waals surface area (Å²) in [5.74, 6) is -2.96. The lowest BCUT2D eigenvalue weighted by Crippen LogP contribution is -2.43. The number of hydrogen-bond donors (Lipinski definition) is 5. The maximum atomic E-state index is 13.0. The molecule has 0 saturated heterocycles. The van der Waals surface area contributed by atoms with Crippen LogP contribution in [0.3, 0.4) is 0 Å². The molecule has 2 aromatic rings. The summed E-state index contributed by atoms with van der Waals surface area (Å²) in [6.45, 7) is 1.53. The highest BCUT2D eigenvalue weighted by atomic mass is 35.5. The number of carboxylic acid groups (broad SMARTS) is 2. The number of benzene rings is 2. The van der Waals surface area contributed by atoms with E-state index in [1.807, 2.05) is 19.2 Å². The SMILES string of the molecule is CN1Cc2c(Cl)cc(Cl)cc2C(c2cccc(S(=O)(=O)NCCOCCN3NC(C(=O)O)=C(C(=O)O)N3)c2)C1. The number of nitrogens with zero attached hydrogens (tertiary/aromatic N) is 2. The Bertz CT molecular complexity index is 1390. The third kappa shape index (κ3) is 6.81. The molecule has 210 valence electrons. The smallest absolute Gasteiger partial charge is 0.355 e. The molecule has 2 aliphatic rings. The lowest BCUT2D eigenvalue weighted by atomic mass is 9.85. The van der Waals surface area contributed by atoms with E-state index in [0.29, 0.717) is 23.1 Å². The predicted molar refractivity (Wildman–Crippen MR) is 142 cm³/mol. The number of sulfonamides is 1. The van der Waals surface area contributed by atoms with E-state index in [1.165, 1.54) is 6.07 Å². The fourth-order valence-corrected chi connectivity index (χ4v) is 6.09. The first kappa shape index (κ1) is 29.1. The van der Waals surface area contributed by atoms with Gasteiger partial charge in [-0.25, -0.2) is 22.7 Å². The van der Waals surface area contributed by atoms with E-state index < -0.39 is 33.4 Å². The van der Waals surface area contributed by atoms with Crippen LogP contribution in [0.25, 0.3) is 0 Å². The quantitative estimate of drug-likeness (QED) is 0.238. The fourth-order valence-electron chi connectivity index (χ4n) is 4.45. The molecule has 4 rings (SSSR count). The Hall–Kier alpha value is -2.91. The first-order valence-electron chi connectivity index (χ1n) is 11.8. The zero-order chi connectivity index (χ0) is 28.3. The number of carbonyl (C=O) groups is 2. The maximum Gasteiger partial charge on any atom is 0.355 e. The predicted octanol–water partition coefficient (Wildman–Crippen LogP) is 1.57. The Morgan fingerprint density at radius 3 is 2.46 bits per heavy atom. The van der Waals surface area contributed by atoms with Crippen LogP contribution in [0.1, 0.15) is 22.6 Å². The van der Waals surface area contributed by atoms with Crippen molar-refractivity contribution in [2.75, 3.05) is 39.9 Å². The minimum atomic E-state index is -3.83. The van der Waals surface area contributed by atoms with Crippen molar-refractivity contribution >= 4 is 45.2 Å². The fraction of sp³-hybridized carbons (Fsp3) is 0.333. The van der Waals surface area contributed by atoms with E-state index in [1.54, 1.807) is 18.2 Å². The Morgan fingerprint density at radius 1 is 1.10 bits per heavy atom. The second-order valence-electron chi connectivity index (χ2n) is 9.02. The van der Waals surface area contributed by atoms with E-state index >= 15 is 0 Å². The van der Waals surface area contributed by atoms with E-state index in [9.17, 15) is 18.0 Å². The zero-order valence-electron chi connectivity index (χ0n) is 20.8. The van der Waals surface area contributed by atoms with Gasteiger partial charge in [-0.05, 0) is 48.0 Å². The molecule has 0 radical (unpaired) electrons. The molecule has 0 fully saturated rings. The van der Waals surface area contributed by atoms with Gasteiger partial charge in [-0.15, -0.1) is 5.12 Å². The molecule has 2 aromatic carbocycles. The van der Waals surface area contributed by atoms with Gasteiger partial charge in [-0.2, -0.15) is 0 Å². The zero-order valence-corrected chi connectivity index (χ0v) is 23.1. The largest absolute Gasteiger partial charge is 0.476 e. The van der Waals surface area contributed by atoms with Crippen LogP contribution in [0, 0.1) is 0 Å². The van der Waals surface area contributed by atoms with Crippen molar-refractivity contribution in [1.82, 2.24) is 25.6 Å². The normalized spacial score (nSPS) is 18.0. The van der Waals surface area contributed by atoms with Gasteiger partial charge in [0.1, 0.15) is 0 Å². The topological polar surface area (TPSA) is 161 Å². The summed E-state index contributed by atoms with van der Waals surface area (Å²) >= 11 is 12.7. The molecule has 39 heavy (non-hydrogen) atoms. The first-order valence-corrected chi connectivity index (χ1v) is 14.1. The lowest BCUT2D eigenvalue weighted by molar-refractivity contribution is -0.136. The van der Waals surface area contributed by atoms with Crippen LogP contribution in [-0.4, -0.2) is 80.5 Å². The first-order chi connectivity index (χ1) is 18.5. The van der Waals surface area contributed by atoms with E-state index in [4.69, 9.17) is 38.2 Å². The number of ether oxygens (including phenoxy) is 1. The summed E-state index contributed by atoms with van der Waals surface area (Å²) in [6, 6.07) is 10.3. The van der Waals surface area contributed by atoms with Gasteiger partial charge >= 0.3 is 11.9 Å². The molecule has 0 bridgehead atoms. The van der Waals surface area contributed by atoms with Crippen LogP contribution in [0.15, 0.2) is 52.7 Å². The van der Waals surface area contributed by atoms with Gasteiger partial charge in [-0.1, -0.05) is 35.3 Å². The van der Waals surface area contributed by atoms with Gasteiger partial charge < -0.3 is 19.8 Å². The van der Waals surface area contributed by atoms with Gasteiger partial charge in [-0.3, -0.25) is 10.9 Å². The van der Waals surface area contributed by atoms with Crippen LogP contribution in [0.5, 0.6) is 0 Å². The van der Waals surface area contributed by atoms with Gasteiger partial charge in [0.05, 0.1) is 24.7 Å². The number of nitrogens with one attached hydrogen (secondary N) is 3. The molecule has 2 heterocycles. The summed E-state index contributed by atoms with van der Waals surface area (Å²) in [4.78, 5) is 24.5. The second-order valence-corrected chi connectivity index (χ2v) is 11.6. The van der Waals surface area contributed by atoms with E-state index in [-0.39, 0.29) is 37.1 Å². The molecule has 1 atom stereocenters. The van der Waals surface area contributed by atoms with E-state index in [2.05, 4.69) is 20.5 Å². The number of hydrogen-bond acceptors (Lipinski definition) is 9. The van der Waals surface area contributed by atoms with Crippen molar-refractivity contribution in [2.24, 2.45) is 0 Å². The van der Waals surface area contributed by atoms with Crippen molar-refractivity contribution in [2.45, 2.75) is 17.4 Å². The molecular weight excluding hydrogens is 573 g/mol. The summed E-state index contributed by atoms with van der Waals surface area (Å²) in [5.41, 5.74) is 6.62. The van der Waals surface area contributed by atoms with Crippen LogP contribution in [0.2, 0.25) is 10.0 Å². The second kappa shape index (κ2) is 12.1. The minimum absolute atomic E-state index is 0.00731. The number of halogens is 2. The summed E-state index contributed by atoms with van der Waals surface area (Å²) in [6.07, 6.45) is 0. The summed E-state index contributed by atoms with van der Waals surface area (Å²) < 4.78 is 33.9. The molecule has 0 aromatic heterocycles. The minimum Gasteiger partial charge on any atom is -0.476 e. The Balaban J connectivity index is 1.32. The van der Waals surface area contributed by atoms with Gasteiger partial charge in [0.15, 0.2) is 11.4 Å². The van der Waals surface area contributed by atoms with Crippen molar-refractivity contribution in [3.05, 3.63) is 74.5 Å². The van der Waals surface area contributed by atoms with Crippen LogP contribution in [-0.2, 0) is 30.9 Å². The number of aliphatic carboxylic acids is 2. The molecule has 0 amide bonds. The van der Waals surface area contributed by atoms with Crippen molar-refractivity contribution in [3.63, 3.8) is 0 Å². The Labute approximate surface area is 235 Å². The van der Waals surface area contributed by atoms with Crippen molar-refractivity contribution < 1.29 is 33.0 Å². The molecule has 2 aliphatic heterocycles. The van der Waals surface area contributed by atoms with Crippen molar-refractivity contribution in [3.8, 4) is 0 Å². The number of rotatable bonds is 11. The number of carboxylic acids is 2.